The molecule has 0 bridgehead atoms. The zero-order chi connectivity index (χ0) is 18.7. The van der Waals surface area contributed by atoms with Gasteiger partial charge in [0.25, 0.3) is 0 Å². The molecule has 5 nitrogen and oxygen atoms in total. The Morgan fingerprint density at radius 2 is 2.08 bits per heavy atom. The maximum absolute atomic E-state index is 12.1. The van der Waals surface area contributed by atoms with Gasteiger partial charge < -0.3 is 15.3 Å². The predicted molar refractivity (Wildman–Crippen MR) is 104 cm³/mol. The Morgan fingerprint density at radius 1 is 1.32 bits per heavy atom. The van der Waals surface area contributed by atoms with Crippen LogP contribution >= 0.6 is 23.5 Å². The normalized spacial score (nSPS) is 24.9. The Bertz CT molecular complexity index is 441. The highest BCUT2D eigenvalue weighted by atomic mass is 32.2. The van der Waals surface area contributed by atoms with Crippen molar-refractivity contribution in [2.75, 3.05) is 17.3 Å². The number of carbonyl (C=O) groups excluding carboxylic acids is 1. The second-order valence-corrected chi connectivity index (χ2v) is 8.71. The van der Waals surface area contributed by atoms with E-state index in [1.807, 2.05) is 6.08 Å². The number of hydrogen-bond donors (Lipinski definition) is 3. The Labute approximate surface area is 158 Å². The number of Topliss-reactive ketones (excluding diaryl/α,β-unsaturated/α-hetero) is 1. The van der Waals surface area contributed by atoms with Crippen molar-refractivity contribution in [1.82, 2.24) is 0 Å². The average Bonchev–Trinajstić information content (AvgIpc) is 2.82. The molecule has 0 unspecified atom stereocenters. The van der Waals surface area contributed by atoms with E-state index < -0.39 is 18.2 Å². The molecule has 4 atom stereocenters. The monoisotopic (exact) mass is 390 g/mol. The number of unbranched alkanes of at least 4 members (excludes halogenated alkanes) is 2. The summed E-state index contributed by atoms with van der Waals surface area (Å²) in [7, 11) is 0. The largest absolute Gasteiger partial charge is 0.481 e. The van der Waals surface area contributed by atoms with E-state index >= 15 is 0 Å². The number of aliphatic carboxylic acids is 1. The quantitative estimate of drug-likeness (QED) is 0.329. The summed E-state index contributed by atoms with van der Waals surface area (Å²) >= 11 is 2.91. The van der Waals surface area contributed by atoms with Gasteiger partial charge in [0.1, 0.15) is 5.78 Å². The van der Waals surface area contributed by atoms with E-state index in [0.717, 1.165) is 37.2 Å². The van der Waals surface area contributed by atoms with Gasteiger partial charge in [0.15, 0.2) is 0 Å². The van der Waals surface area contributed by atoms with Crippen LogP contribution in [0.25, 0.3) is 0 Å². The molecule has 0 amide bonds. The number of aliphatic hydroxyl groups excluding tert-OH is 2. The highest BCUT2D eigenvalue weighted by Crippen LogP contribution is 2.34. The van der Waals surface area contributed by atoms with Crippen LogP contribution in [0.15, 0.2) is 12.2 Å². The molecule has 1 saturated carbocycles. The molecule has 1 aliphatic rings. The van der Waals surface area contributed by atoms with E-state index in [1.54, 1.807) is 6.08 Å². The van der Waals surface area contributed by atoms with Crippen molar-refractivity contribution in [3.05, 3.63) is 12.2 Å². The lowest BCUT2D eigenvalue weighted by atomic mass is 10.0. The van der Waals surface area contributed by atoms with Gasteiger partial charge in [-0.3, -0.25) is 9.59 Å². The molecule has 0 heterocycles. The van der Waals surface area contributed by atoms with Crippen molar-refractivity contribution < 1.29 is 24.9 Å². The van der Waals surface area contributed by atoms with Crippen LogP contribution < -0.4 is 0 Å². The van der Waals surface area contributed by atoms with Crippen LogP contribution in [0.3, 0.4) is 0 Å². The summed E-state index contributed by atoms with van der Waals surface area (Å²) in [6, 6.07) is 0. The van der Waals surface area contributed by atoms with Crippen LogP contribution in [-0.4, -0.2) is 61.8 Å². The Hall–Kier alpha value is -0.500. The van der Waals surface area contributed by atoms with Crippen molar-refractivity contribution in [3.63, 3.8) is 0 Å². The SMILES string of the molecule is CCCCC[C@H](O)C=C[C@H]1[C@H](O)CC(=O)[C@@H]1SCCCSCC(=O)O. The molecule has 0 spiro atoms. The van der Waals surface area contributed by atoms with Gasteiger partial charge in [-0.15, -0.1) is 11.8 Å². The number of ketones is 1. The number of rotatable bonds is 13. The lowest BCUT2D eigenvalue weighted by molar-refractivity contribution is -0.133. The van der Waals surface area contributed by atoms with Crippen LogP contribution in [0.4, 0.5) is 0 Å². The van der Waals surface area contributed by atoms with Gasteiger partial charge in [0.2, 0.25) is 0 Å². The van der Waals surface area contributed by atoms with Gasteiger partial charge in [0.05, 0.1) is 23.2 Å². The summed E-state index contributed by atoms with van der Waals surface area (Å²) in [4.78, 5) is 22.5. The van der Waals surface area contributed by atoms with Crippen LogP contribution in [0.2, 0.25) is 0 Å². The van der Waals surface area contributed by atoms with Crippen LogP contribution in [0, 0.1) is 5.92 Å². The van der Waals surface area contributed by atoms with E-state index in [9.17, 15) is 19.8 Å². The molecule has 0 aliphatic heterocycles. The fourth-order valence-corrected chi connectivity index (χ4v) is 4.99. The molecule has 0 aromatic rings. The molecule has 144 valence electrons. The van der Waals surface area contributed by atoms with Gasteiger partial charge in [-0.05, 0) is 24.3 Å². The third-order valence-corrected chi connectivity index (χ3v) is 6.63. The van der Waals surface area contributed by atoms with Gasteiger partial charge >= 0.3 is 5.97 Å². The van der Waals surface area contributed by atoms with Gasteiger partial charge in [-0.2, -0.15) is 11.8 Å². The lowest BCUT2D eigenvalue weighted by Gasteiger charge is -2.17. The first-order valence-electron chi connectivity index (χ1n) is 8.94. The first kappa shape index (κ1) is 22.5. The standard InChI is InChI=1S/C18H30O5S2/c1-2-3-4-6-13(19)7-8-14-15(20)11-16(21)18(14)25-10-5-9-24-12-17(22)23/h7-8,13-15,18-20H,2-6,9-12H2,1H3,(H,22,23)/t13-,14-,15+,18+/m0/s1. The highest BCUT2D eigenvalue weighted by molar-refractivity contribution is 8.01. The summed E-state index contributed by atoms with van der Waals surface area (Å²) in [5, 5.41) is 28.4. The Balaban J connectivity index is 2.39. The fraction of sp³-hybridized carbons (Fsp3) is 0.778. The van der Waals surface area contributed by atoms with E-state index in [2.05, 4.69) is 6.92 Å². The lowest BCUT2D eigenvalue weighted by Crippen LogP contribution is -2.22. The Morgan fingerprint density at radius 3 is 2.76 bits per heavy atom. The number of aliphatic hydroxyl groups is 2. The number of hydrogen-bond acceptors (Lipinski definition) is 6. The summed E-state index contributed by atoms with van der Waals surface area (Å²) < 4.78 is 0. The molecule has 0 radical (unpaired) electrons. The van der Waals surface area contributed by atoms with Crippen molar-refractivity contribution in [1.29, 1.82) is 0 Å². The number of carboxylic acids is 1. The zero-order valence-corrected chi connectivity index (χ0v) is 16.4. The summed E-state index contributed by atoms with van der Waals surface area (Å²) in [6.45, 7) is 2.12. The van der Waals surface area contributed by atoms with Crippen molar-refractivity contribution in [2.24, 2.45) is 5.92 Å². The number of carboxylic acid groups (broad SMARTS) is 1. The third kappa shape index (κ3) is 9.13. The smallest absolute Gasteiger partial charge is 0.313 e. The minimum absolute atomic E-state index is 0.0609. The van der Waals surface area contributed by atoms with Crippen molar-refractivity contribution in [3.8, 4) is 0 Å². The van der Waals surface area contributed by atoms with Crippen molar-refractivity contribution >= 4 is 35.3 Å². The number of carbonyl (C=O) groups is 2. The first-order valence-corrected chi connectivity index (χ1v) is 11.1. The second-order valence-electron chi connectivity index (χ2n) is 6.35. The van der Waals surface area contributed by atoms with Gasteiger partial charge in [-0.1, -0.05) is 38.3 Å². The van der Waals surface area contributed by atoms with E-state index in [-0.39, 0.29) is 29.1 Å². The molecule has 0 aromatic heterocycles. The van der Waals surface area contributed by atoms with Gasteiger partial charge in [0, 0.05) is 12.3 Å². The molecule has 1 rings (SSSR count). The highest BCUT2D eigenvalue weighted by Gasteiger charge is 2.40. The van der Waals surface area contributed by atoms with Crippen molar-refractivity contribution in [2.45, 2.75) is 62.9 Å². The Kier molecular flexibility index (Phi) is 11.5. The molecule has 0 aromatic carbocycles. The maximum atomic E-state index is 12.1. The summed E-state index contributed by atoms with van der Waals surface area (Å²) in [5.41, 5.74) is 0. The van der Waals surface area contributed by atoms with E-state index in [4.69, 9.17) is 5.11 Å². The molecule has 3 N–H and O–H groups in total. The molecule has 0 saturated heterocycles. The molecular weight excluding hydrogens is 360 g/mol. The summed E-state index contributed by atoms with van der Waals surface area (Å²) in [6.07, 6.45) is 7.22. The fourth-order valence-electron chi connectivity index (χ4n) is 2.80. The number of thioether (sulfide) groups is 2. The van der Waals surface area contributed by atoms with Gasteiger partial charge in [-0.25, -0.2) is 0 Å². The minimum Gasteiger partial charge on any atom is -0.481 e. The first-order chi connectivity index (χ1) is 12.0. The second kappa shape index (κ2) is 12.8. The van der Waals surface area contributed by atoms with E-state index in [1.165, 1.54) is 23.5 Å². The average molecular weight is 391 g/mol. The van der Waals surface area contributed by atoms with Crippen LogP contribution in [0.1, 0.15) is 45.4 Å². The molecular formula is C18H30O5S2. The van der Waals surface area contributed by atoms with Crippen LogP contribution in [-0.2, 0) is 9.59 Å². The molecule has 7 heteroatoms. The molecule has 1 aliphatic carbocycles. The topological polar surface area (TPSA) is 94.8 Å². The molecule has 25 heavy (non-hydrogen) atoms. The van der Waals surface area contributed by atoms with Crippen LogP contribution in [0.5, 0.6) is 0 Å². The maximum Gasteiger partial charge on any atom is 0.313 e. The summed E-state index contributed by atoms with van der Waals surface area (Å²) in [5.74, 6) is 0.622. The predicted octanol–water partition coefficient (Wildman–Crippen LogP) is 2.74. The minimum atomic E-state index is -0.811. The molecule has 1 fully saturated rings. The third-order valence-electron chi connectivity index (χ3n) is 4.14. The van der Waals surface area contributed by atoms with E-state index in [0.29, 0.717) is 6.42 Å². The zero-order valence-electron chi connectivity index (χ0n) is 14.8.